The lowest BCUT2D eigenvalue weighted by Gasteiger charge is -2.20. The number of alkyl halides is 2. The highest BCUT2D eigenvalue weighted by Crippen LogP contribution is 2.37. The maximum absolute atomic E-state index is 12.3. The summed E-state index contributed by atoms with van der Waals surface area (Å²) in [5, 5.41) is 2.75. The predicted octanol–water partition coefficient (Wildman–Crippen LogP) is 1.87. The van der Waals surface area contributed by atoms with Gasteiger partial charge in [-0.1, -0.05) is 0 Å². The zero-order valence-corrected chi connectivity index (χ0v) is 11.7. The topological polar surface area (TPSA) is 56.5 Å². The monoisotopic (exact) mass is 286 g/mol. The van der Waals surface area contributed by atoms with Gasteiger partial charge in [-0.15, -0.1) is 0 Å². The van der Waals surface area contributed by atoms with Crippen LogP contribution in [0.5, 0.6) is 11.5 Å². The van der Waals surface area contributed by atoms with Crippen LogP contribution in [0.2, 0.25) is 0 Å². The number of nitrogens with two attached hydrogens (primary N) is 1. The van der Waals surface area contributed by atoms with E-state index in [1.54, 1.807) is 7.11 Å². The molecule has 1 aromatic rings. The summed E-state index contributed by atoms with van der Waals surface area (Å²) in [6.45, 7) is 1.79. The first-order valence-corrected chi connectivity index (χ1v) is 6.64. The van der Waals surface area contributed by atoms with Crippen LogP contribution >= 0.6 is 0 Å². The van der Waals surface area contributed by atoms with Gasteiger partial charge in [0.2, 0.25) is 0 Å². The van der Waals surface area contributed by atoms with Gasteiger partial charge in [-0.2, -0.15) is 0 Å². The lowest BCUT2D eigenvalue weighted by Crippen LogP contribution is -2.32. The number of hydrogen-bond acceptors (Lipinski definition) is 4. The molecule has 1 aliphatic heterocycles. The Hall–Kier alpha value is -1.40. The van der Waals surface area contributed by atoms with Crippen LogP contribution in [0.3, 0.4) is 0 Å². The molecule has 4 nitrogen and oxygen atoms in total. The molecule has 0 amide bonds. The maximum Gasteiger partial charge on any atom is 0.250 e. The first-order valence-electron chi connectivity index (χ1n) is 6.64. The van der Waals surface area contributed by atoms with E-state index in [9.17, 15) is 8.78 Å². The second-order valence-corrected chi connectivity index (χ2v) is 4.92. The van der Waals surface area contributed by atoms with Crippen LogP contribution in [-0.2, 0) is 6.42 Å². The molecule has 3 N–H and O–H groups in total. The molecule has 0 radical (unpaired) electrons. The van der Waals surface area contributed by atoms with Crippen molar-refractivity contribution in [3.8, 4) is 11.5 Å². The molecule has 0 bridgehead atoms. The van der Waals surface area contributed by atoms with Crippen molar-refractivity contribution in [1.29, 1.82) is 0 Å². The number of fused-ring (bicyclic) bond motifs is 1. The second kappa shape index (κ2) is 6.37. The van der Waals surface area contributed by atoms with E-state index in [2.05, 4.69) is 5.32 Å². The van der Waals surface area contributed by atoms with E-state index in [1.807, 2.05) is 19.1 Å². The summed E-state index contributed by atoms with van der Waals surface area (Å²) < 4.78 is 35.7. The molecule has 0 fully saturated rings. The van der Waals surface area contributed by atoms with Gasteiger partial charge < -0.3 is 20.5 Å². The minimum atomic E-state index is -2.42. The number of hydrogen-bond donors (Lipinski definition) is 2. The maximum atomic E-state index is 12.3. The fourth-order valence-electron chi connectivity index (χ4n) is 2.46. The molecule has 1 aromatic carbocycles. The molecule has 0 saturated heterocycles. The molecular weight excluding hydrogens is 266 g/mol. The Morgan fingerprint density at radius 1 is 1.50 bits per heavy atom. The van der Waals surface area contributed by atoms with E-state index in [4.69, 9.17) is 15.2 Å². The third-order valence-corrected chi connectivity index (χ3v) is 3.38. The summed E-state index contributed by atoms with van der Waals surface area (Å²) in [5.74, 6) is 1.43. The zero-order chi connectivity index (χ0) is 14.7. The summed E-state index contributed by atoms with van der Waals surface area (Å²) >= 11 is 0. The van der Waals surface area contributed by atoms with Crippen LogP contribution in [0.25, 0.3) is 0 Å². The Bertz CT molecular complexity index is 469. The quantitative estimate of drug-likeness (QED) is 0.838. The SMILES string of the molecule is COc1cc2c(cc1C(CN)NCC(F)F)OC(C)C2. The van der Waals surface area contributed by atoms with Crippen molar-refractivity contribution >= 4 is 0 Å². The van der Waals surface area contributed by atoms with Gasteiger partial charge in [0, 0.05) is 30.1 Å². The normalized spacial score (nSPS) is 18.8. The minimum Gasteiger partial charge on any atom is -0.496 e. The Balaban J connectivity index is 2.27. The fourth-order valence-corrected chi connectivity index (χ4v) is 2.46. The average molecular weight is 286 g/mol. The predicted molar refractivity (Wildman–Crippen MR) is 72.6 cm³/mol. The van der Waals surface area contributed by atoms with Crippen LogP contribution in [-0.4, -0.2) is 32.7 Å². The summed E-state index contributed by atoms with van der Waals surface area (Å²) in [6.07, 6.45) is -1.47. The van der Waals surface area contributed by atoms with E-state index >= 15 is 0 Å². The molecule has 0 spiro atoms. The molecule has 20 heavy (non-hydrogen) atoms. The molecule has 0 aromatic heterocycles. The van der Waals surface area contributed by atoms with Gasteiger partial charge in [0.25, 0.3) is 6.43 Å². The summed E-state index contributed by atoms with van der Waals surface area (Å²) in [6, 6.07) is 3.36. The molecule has 1 aliphatic rings. The van der Waals surface area contributed by atoms with E-state index in [0.29, 0.717) is 5.75 Å². The zero-order valence-electron chi connectivity index (χ0n) is 11.7. The number of rotatable bonds is 6. The molecule has 1 heterocycles. The minimum absolute atomic E-state index is 0.121. The van der Waals surface area contributed by atoms with Gasteiger partial charge >= 0.3 is 0 Å². The molecule has 6 heteroatoms. The van der Waals surface area contributed by atoms with Crippen molar-refractivity contribution in [2.24, 2.45) is 5.73 Å². The summed E-state index contributed by atoms with van der Waals surface area (Å²) in [7, 11) is 1.56. The standard InChI is InChI=1S/C14H20F2N2O2/c1-8-3-9-4-13(19-2)10(5-12(9)20-8)11(6-17)18-7-14(15)16/h4-5,8,11,14,18H,3,6-7,17H2,1-2H3. The van der Waals surface area contributed by atoms with E-state index in [-0.39, 0.29) is 18.7 Å². The number of ether oxygens (including phenoxy) is 2. The largest absolute Gasteiger partial charge is 0.496 e. The van der Waals surface area contributed by atoms with Crippen LogP contribution in [0.4, 0.5) is 8.78 Å². The van der Waals surface area contributed by atoms with Crippen LogP contribution in [0, 0.1) is 0 Å². The average Bonchev–Trinajstić information content (AvgIpc) is 2.77. The van der Waals surface area contributed by atoms with Gasteiger partial charge in [0.05, 0.1) is 13.7 Å². The molecule has 112 valence electrons. The van der Waals surface area contributed by atoms with Crippen molar-refractivity contribution in [1.82, 2.24) is 5.32 Å². The Morgan fingerprint density at radius 3 is 2.85 bits per heavy atom. The smallest absolute Gasteiger partial charge is 0.250 e. The van der Waals surface area contributed by atoms with Gasteiger partial charge in [-0.25, -0.2) is 8.78 Å². The van der Waals surface area contributed by atoms with Crippen molar-refractivity contribution < 1.29 is 18.3 Å². The Labute approximate surface area is 117 Å². The number of benzene rings is 1. The van der Waals surface area contributed by atoms with Crippen LogP contribution in [0.1, 0.15) is 24.1 Å². The molecule has 2 rings (SSSR count). The molecule has 2 unspecified atom stereocenters. The lowest BCUT2D eigenvalue weighted by molar-refractivity contribution is 0.141. The Kier molecular flexibility index (Phi) is 4.77. The van der Waals surface area contributed by atoms with Crippen molar-refractivity contribution in [3.05, 3.63) is 23.3 Å². The lowest BCUT2D eigenvalue weighted by atomic mass is 10.0. The first-order chi connectivity index (χ1) is 9.55. The molecule has 0 saturated carbocycles. The molecule has 2 atom stereocenters. The van der Waals surface area contributed by atoms with E-state index in [1.165, 1.54) is 0 Å². The number of halogens is 2. The van der Waals surface area contributed by atoms with Crippen molar-refractivity contribution in [3.63, 3.8) is 0 Å². The fraction of sp³-hybridized carbons (Fsp3) is 0.571. The number of methoxy groups -OCH3 is 1. The van der Waals surface area contributed by atoms with E-state index in [0.717, 1.165) is 23.3 Å². The van der Waals surface area contributed by atoms with Crippen LogP contribution < -0.4 is 20.5 Å². The third-order valence-electron chi connectivity index (χ3n) is 3.38. The van der Waals surface area contributed by atoms with E-state index < -0.39 is 13.0 Å². The Morgan fingerprint density at radius 2 is 2.25 bits per heavy atom. The van der Waals surface area contributed by atoms with Gasteiger partial charge in [-0.05, 0) is 19.1 Å². The first kappa shape index (κ1) is 15.0. The highest BCUT2D eigenvalue weighted by Gasteiger charge is 2.24. The van der Waals surface area contributed by atoms with Crippen molar-refractivity contribution in [2.45, 2.75) is 31.9 Å². The highest BCUT2D eigenvalue weighted by molar-refractivity contribution is 5.50. The summed E-state index contributed by atoms with van der Waals surface area (Å²) in [4.78, 5) is 0. The van der Waals surface area contributed by atoms with Gasteiger partial charge in [0.1, 0.15) is 17.6 Å². The highest BCUT2D eigenvalue weighted by atomic mass is 19.3. The second-order valence-electron chi connectivity index (χ2n) is 4.92. The van der Waals surface area contributed by atoms with Crippen LogP contribution in [0.15, 0.2) is 12.1 Å². The third kappa shape index (κ3) is 3.19. The van der Waals surface area contributed by atoms with Gasteiger partial charge in [-0.3, -0.25) is 0 Å². The molecular formula is C14H20F2N2O2. The number of nitrogens with one attached hydrogen (secondary N) is 1. The van der Waals surface area contributed by atoms with Crippen molar-refractivity contribution in [2.75, 3.05) is 20.2 Å². The molecule has 0 aliphatic carbocycles. The summed E-state index contributed by atoms with van der Waals surface area (Å²) in [5.41, 5.74) is 7.51. The van der Waals surface area contributed by atoms with Gasteiger partial charge in [0.15, 0.2) is 0 Å².